The van der Waals surface area contributed by atoms with Crippen LogP contribution < -0.4 is 5.73 Å². The summed E-state index contributed by atoms with van der Waals surface area (Å²) in [7, 11) is 5.63. The van der Waals surface area contributed by atoms with Gasteiger partial charge in [0.2, 0.25) is 0 Å². The summed E-state index contributed by atoms with van der Waals surface area (Å²) in [4.78, 5) is 14.7. The van der Waals surface area contributed by atoms with Crippen molar-refractivity contribution in [3.05, 3.63) is 65.6 Å². The van der Waals surface area contributed by atoms with Crippen molar-refractivity contribution in [2.75, 3.05) is 34.7 Å². The number of fused-ring (bicyclic) bond motifs is 1. The molecular formula is C24H29FN4O2S. The summed E-state index contributed by atoms with van der Waals surface area (Å²) in [5.41, 5.74) is 9.42. The highest BCUT2D eigenvalue weighted by Crippen LogP contribution is 2.36. The van der Waals surface area contributed by atoms with Crippen LogP contribution >= 0.6 is 0 Å². The van der Waals surface area contributed by atoms with Crippen LogP contribution in [0, 0.1) is 6.92 Å². The molecule has 0 bridgehead atoms. The number of nitrogens with two attached hydrogens (primary N) is 1. The van der Waals surface area contributed by atoms with E-state index in [-0.39, 0.29) is 24.8 Å². The molecule has 0 saturated carbocycles. The van der Waals surface area contributed by atoms with Gasteiger partial charge in [0.1, 0.15) is 16.8 Å². The van der Waals surface area contributed by atoms with Crippen LogP contribution in [0.25, 0.3) is 22.0 Å². The molecule has 0 aliphatic rings. The van der Waals surface area contributed by atoms with Crippen molar-refractivity contribution in [1.29, 1.82) is 0 Å². The Bertz CT molecular complexity index is 1210. The Morgan fingerprint density at radius 1 is 1.16 bits per heavy atom. The first-order chi connectivity index (χ1) is 15.1. The maximum absolute atomic E-state index is 14.5. The van der Waals surface area contributed by atoms with Gasteiger partial charge in [0.15, 0.2) is 0 Å². The van der Waals surface area contributed by atoms with E-state index in [2.05, 4.69) is 0 Å². The second-order valence-corrected chi connectivity index (χ2v) is 9.65. The Morgan fingerprint density at radius 2 is 1.88 bits per heavy atom. The molecular weight excluding hydrogens is 427 g/mol. The topological polar surface area (TPSA) is 71.6 Å². The molecule has 0 radical (unpaired) electrons. The van der Waals surface area contributed by atoms with Crippen LogP contribution in [0.3, 0.4) is 0 Å². The number of carbonyl (C=O) groups excluding carboxylic acids is 1. The zero-order valence-electron chi connectivity index (χ0n) is 19.1. The van der Waals surface area contributed by atoms with Crippen LogP contribution in [0.15, 0.2) is 59.3 Å². The highest BCUT2D eigenvalue weighted by molar-refractivity contribution is 7.82. The van der Waals surface area contributed by atoms with E-state index in [0.717, 1.165) is 27.7 Å². The molecule has 6 nitrogen and oxygen atoms in total. The predicted molar refractivity (Wildman–Crippen MR) is 128 cm³/mol. The lowest BCUT2D eigenvalue weighted by molar-refractivity contribution is 0.0827. The lowest BCUT2D eigenvalue weighted by Crippen LogP contribution is -2.21. The van der Waals surface area contributed by atoms with Gasteiger partial charge in [-0.05, 0) is 56.9 Å². The third-order valence-electron chi connectivity index (χ3n) is 5.28. The summed E-state index contributed by atoms with van der Waals surface area (Å²) in [6.45, 7) is 2.05. The molecule has 32 heavy (non-hydrogen) atoms. The highest BCUT2D eigenvalue weighted by Gasteiger charge is 2.20. The van der Waals surface area contributed by atoms with E-state index in [0.29, 0.717) is 10.5 Å². The van der Waals surface area contributed by atoms with Crippen molar-refractivity contribution in [3.8, 4) is 11.1 Å². The van der Waals surface area contributed by atoms with Gasteiger partial charge in [-0.25, -0.2) is 12.9 Å². The normalized spacial score (nSPS) is 13.1. The molecule has 0 aliphatic heterocycles. The summed E-state index contributed by atoms with van der Waals surface area (Å²) in [5, 5.41) is 0.895. The fraction of sp³-hybridized carbons (Fsp3) is 0.292. The van der Waals surface area contributed by atoms with Crippen molar-refractivity contribution in [2.45, 2.75) is 18.4 Å². The number of aromatic nitrogens is 1. The average Bonchev–Trinajstić information content (AvgIpc) is 3.03. The smallest absolute Gasteiger partial charge is 0.253 e. The SMILES string of the molecule is Cc1c(-c2cccc(S(=O)N(C)C)c2)c2ccc(C(=O)N(C)C)cc2n1C/C(F)=C/CN. The van der Waals surface area contributed by atoms with Gasteiger partial charge in [0, 0.05) is 42.8 Å². The molecule has 8 heteroatoms. The summed E-state index contributed by atoms with van der Waals surface area (Å²) >= 11 is 0. The number of amides is 1. The number of benzene rings is 2. The van der Waals surface area contributed by atoms with E-state index in [9.17, 15) is 13.4 Å². The Hall–Kier alpha value is -2.81. The van der Waals surface area contributed by atoms with Crippen LogP contribution in [0.2, 0.25) is 0 Å². The molecule has 3 aromatic rings. The fourth-order valence-electron chi connectivity index (χ4n) is 3.75. The summed E-state index contributed by atoms with van der Waals surface area (Å²) in [5.74, 6) is -0.467. The minimum Gasteiger partial charge on any atom is -0.345 e. The number of allylic oxidation sites excluding steroid dienone is 1. The van der Waals surface area contributed by atoms with Gasteiger partial charge in [0.25, 0.3) is 5.91 Å². The Kier molecular flexibility index (Phi) is 7.28. The zero-order chi connectivity index (χ0) is 23.6. The Labute approximate surface area is 190 Å². The number of halogens is 1. The molecule has 1 atom stereocenters. The molecule has 0 spiro atoms. The van der Waals surface area contributed by atoms with Crippen LogP contribution in [0.4, 0.5) is 4.39 Å². The largest absolute Gasteiger partial charge is 0.345 e. The zero-order valence-corrected chi connectivity index (χ0v) is 19.9. The van der Waals surface area contributed by atoms with Gasteiger partial charge in [-0.1, -0.05) is 18.2 Å². The quantitative estimate of drug-likeness (QED) is 0.589. The molecule has 3 rings (SSSR count). The lowest BCUT2D eigenvalue weighted by atomic mass is 10.0. The van der Waals surface area contributed by atoms with Crippen molar-refractivity contribution in [1.82, 2.24) is 13.8 Å². The van der Waals surface area contributed by atoms with E-state index < -0.39 is 11.0 Å². The molecule has 0 aliphatic carbocycles. The second-order valence-electron chi connectivity index (χ2n) is 7.95. The molecule has 2 N–H and O–H groups in total. The highest BCUT2D eigenvalue weighted by atomic mass is 32.2. The van der Waals surface area contributed by atoms with Gasteiger partial charge in [-0.15, -0.1) is 0 Å². The van der Waals surface area contributed by atoms with Crippen molar-refractivity contribution >= 4 is 27.8 Å². The molecule has 0 fully saturated rings. The van der Waals surface area contributed by atoms with Crippen LogP contribution in [0.5, 0.6) is 0 Å². The van der Waals surface area contributed by atoms with Gasteiger partial charge in [0.05, 0.1) is 17.0 Å². The number of hydrogen-bond acceptors (Lipinski definition) is 3. The summed E-state index contributed by atoms with van der Waals surface area (Å²) in [6, 6.07) is 13.0. The standard InChI is InChI=1S/C24H29FN4O2S/c1-16-23(17-7-6-8-20(13-17)32(31)28(4)5)21-10-9-18(24(30)27(2)3)14-22(21)29(16)15-19(25)11-12-26/h6-11,13-14H,12,15,26H2,1-5H3/b19-11-. The van der Waals surface area contributed by atoms with E-state index in [1.54, 1.807) is 44.6 Å². The fourth-order valence-corrected chi connectivity index (χ4v) is 4.60. The van der Waals surface area contributed by atoms with Gasteiger partial charge in [-0.2, -0.15) is 0 Å². The monoisotopic (exact) mass is 456 g/mol. The number of rotatable bonds is 7. The summed E-state index contributed by atoms with van der Waals surface area (Å²) in [6.07, 6.45) is 1.35. The first-order valence-electron chi connectivity index (χ1n) is 10.2. The van der Waals surface area contributed by atoms with Gasteiger partial charge >= 0.3 is 0 Å². The first kappa shape index (κ1) is 23.8. The van der Waals surface area contributed by atoms with Gasteiger partial charge < -0.3 is 15.2 Å². The average molecular weight is 457 g/mol. The van der Waals surface area contributed by atoms with E-state index >= 15 is 0 Å². The van der Waals surface area contributed by atoms with Crippen LogP contribution in [-0.4, -0.2) is 58.6 Å². The summed E-state index contributed by atoms with van der Waals surface area (Å²) < 4.78 is 30.6. The molecule has 2 aromatic carbocycles. The third kappa shape index (κ3) is 4.67. The van der Waals surface area contributed by atoms with E-state index in [1.165, 1.54) is 11.0 Å². The molecule has 170 valence electrons. The minimum absolute atomic E-state index is 0.0163. The molecule has 1 unspecified atom stereocenters. The van der Waals surface area contributed by atoms with Crippen molar-refractivity contribution < 1.29 is 13.4 Å². The van der Waals surface area contributed by atoms with E-state index in [1.807, 2.05) is 41.8 Å². The van der Waals surface area contributed by atoms with E-state index in [4.69, 9.17) is 5.73 Å². The number of nitrogens with zero attached hydrogens (tertiary/aromatic N) is 3. The number of hydrogen-bond donors (Lipinski definition) is 1. The first-order valence-corrected chi connectivity index (χ1v) is 11.3. The number of carbonyl (C=O) groups is 1. The predicted octanol–water partition coefficient (Wildman–Crippen LogP) is 3.71. The lowest BCUT2D eigenvalue weighted by Gasteiger charge is -2.11. The molecule has 0 saturated heterocycles. The second kappa shape index (κ2) is 9.77. The third-order valence-corrected chi connectivity index (χ3v) is 6.60. The Morgan fingerprint density at radius 3 is 2.50 bits per heavy atom. The minimum atomic E-state index is -1.29. The maximum Gasteiger partial charge on any atom is 0.253 e. The van der Waals surface area contributed by atoms with Crippen molar-refractivity contribution in [3.63, 3.8) is 0 Å². The van der Waals surface area contributed by atoms with Crippen LogP contribution in [0.1, 0.15) is 16.1 Å². The Balaban J connectivity index is 2.26. The maximum atomic E-state index is 14.5. The van der Waals surface area contributed by atoms with Crippen molar-refractivity contribution in [2.24, 2.45) is 5.73 Å². The molecule has 1 amide bonds. The molecule has 1 aromatic heterocycles. The van der Waals surface area contributed by atoms with Crippen LogP contribution in [-0.2, 0) is 17.5 Å². The molecule has 1 heterocycles. The van der Waals surface area contributed by atoms with Gasteiger partial charge in [-0.3, -0.25) is 4.79 Å².